The molecule has 0 saturated heterocycles. The highest BCUT2D eigenvalue weighted by molar-refractivity contribution is 14.1. The van der Waals surface area contributed by atoms with Gasteiger partial charge in [-0.3, -0.25) is 0 Å². The van der Waals surface area contributed by atoms with Crippen LogP contribution in [0.5, 0.6) is 0 Å². The zero-order chi connectivity index (χ0) is 7.61. The van der Waals surface area contributed by atoms with Crippen LogP contribution >= 0.6 is 22.6 Å². The average molecular weight is 255 g/mol. The van der Waals surface area contributed by atoms with Crippen LogP contribution in [0.1, 0.15) is 19.3 Å². The predicted molar refractivity (Wildman–Crippen MR) is 46.1 cm³/mol. The van der Waals surface area contributed by atoms with Crippen molar-refractivity contribution in [2.24, 2.45) is 5.73 Å². The molecule has 0 spiro atoms. The van der Waals surface area contributed by atoms with E-state index in [1.807, 2.05) is 0 Å². The lowest BCUT2D eigenvalue weighted by molar-refractivity contribution is -0.0214. The van der Waals surface area contributed by atoms with Crippen molar-refractivity contribution in [3.05, 3.63) is 0 Å². The van der Waals surface area contributed by atoms with Crippen LogP contribution in [0.15, 0.2) is 0 Å². The first kappa shape index (κ1) is 8.10. The maximum Gasteiger partial charge on any atom is 0.405 e. The molecule has 0 heterocycles. The summed E-state index contributed by atoms with van der Waals surface area (Å²) in [5.41, 5.74) is 4.70. The van der Waals surface area contributed by atoms with Gasteiger partial charge in [-0.25, -0.2) is 4.79 Å². The maximum atomic E-state index is 10.4. The summed E-state index contributed by atoms with van der Waals surface area (Å²) in [7, 11) is 0. The van der Waals surface area contributed by atoms with Gasteiger partial charge in [-0.05, 0) is 19.3 Å². The normalized spacial score (nSPS) is 21.3. The number of nitrogens with two attached hydrogens (primary N) is 1. The lowest BCUT2D eigenvalue weighted by Gasteiger charge is -2.38. The molecular weight excluding hydrogens is 245 g/mol. The number of alkyl halides is 1. The summed E-state index contributed by atoms with van der Waals surface area (Å²) in [6, 6.07) is 0. The van der Waals surface area contributed by atoms with E-state index >= 15 is 0 Å². The first-order valence-electron chi connectivity index (χ1n) is 3.23. The summed E-state index contributed by atoms with van der Waals surface area (Å²) in [6.07, 6.45) is 2.45. The Morgan fingerprint density at radius 1 is 1.70 bits per heavy atom. The third kappa shape index (κ3) is 1.53. The lowest BCUT2D eigenvalue weighted by Crippen LogP contribution is -2.44. The number of rotatable bonds is 2. The van der Waals surface area contributed by atoms with Crippen LogP contribution in [-0.4, -0.2) is 16.1 Å². The third-order valence-corrected chi connectivity index (χ3v) is 3.22. The van der Waals surface area contributed by atoms with Crippen LogP contribution in [0.25, 0.3) is 0 Å². The third-order valence-electron chi connectivity index (χ3n) is 1.83. The minimum absolute atomic E-state index is 0.202. The van der Waals surface area contributed by atoms with Crippen LogP contribution in [0.4, 0.5) is 4.79 Å². The van der Waals surface area contributed by atoms with Crippen molar-refractivity contribution in [2.75, 3.05) is 4.43 Å². The van der Waals surface area contributed by atoms with Gasteiger partial charge in [0.2, 0.25) is 0 Å². The molecule has 0 bridgehead atoms. The van der Waals surface area contributed by atoms with Crippen molar-refractivity contribution in [2.45, 2.75) is 24.9 Å². The molecule has 0 aliphatic heterocycles. The van der Waals surface area contributed by atoms with Crippen LogP contribution in [-0.2, 0) is 4.74 Å². The van der Waals surface area contributed by atoms with E-state index in [4.69, 9.17) is 10.5 Å². The maximum absolute atomic E-state index is 10.4. The van der Waals surface area contributed by atoms with E-state index in [0.29, 0.717) is 0 Å². The van der Waals surface area contributed by atoms with Crippen molar-refractivity contribution in [1.82, 2.24) is 0 Å². The second kappa shape index (κ2) is 2.94. The van der Waals surface area contributed by atoms with Gasteiger partial charge in [0.05, 0.1) is 0 Å². The molecule has 4 heteroatoms. The van der Waals surface area contributed by atoms with Gasteiger partial charge in [0.25, 0.3) is 0 Å². The molecule has 1 amide bonds. The molecule has 0 aromatic carbocycles. The lowest BCUT2D eigenvalue weighted by atomic mass is 9.82. The second-order valence-electron chi connectivity index (χ2n) is 2.59. The fourth-order valence-electron chi connectivity index (χ4n) is 1.05. The van der Waals surface area contributed by atoms with E-state index in [2.05, 4.69) is 22.6 Å². The number of halogens is 1. The van der Waals surface area contributed by atoms with E-state index in [1.54, 1.807) is 0 Å². The Morgan fingerprint density at radius 3 is 2.40 bits per heavy atom. The molecule has 1 saturated carbocycles. The fraction of sp³-hybridized carbons (Fsp3) is 0.833. The van der Waals surface area contributed by atoms with E-state index in [9.17, 15) is 4.79 Å². The van der Waals surface area contributed by atoms with Crippen LogP contribution in [0.3, 0.4) is 0 Å². The smallest absolute Gasteiger partial charge is 0.405 e. The highest BCUT2D eigenvalue weighted by atomic mass is 127. The molecule has 10 heavy (non-hydrogen) atoms. The molecule has 3 nitrogen and oxygen atoms in total. The molecule has 0 aromatic heterocycles. The van der Waals surface area contributed by atoms with Gasteiger partial charge in [0, 0.05) is 4.43 Å². The minimum Gasteiger partial charge on any atom is -0.442 e. The fourth-order valence-corrected chi connectivity index (χ4v) is 1.97. The number of carbonyl (C=O) groups is 1. The van der Waals surface area contributed by atoms with Crippen LogP contribution in [0, 0.1) is 0 Å². The van der Waals surface area contributed by atoms with Crippen molar-refractivity contribution in [3.63, 3.8) is 0 Å². The molecule has 1 aliphatic rings. The summed E-state index contributed by atoms with van der Waals surface area (Å²) in [5, 5.41) is 0. The van der Waals surface area contributed by atoms with Gasteiger partial charge in [-0.1, -0.05) is 22.6 Å². The van der Waals surface area contributed by atoms with Crippen LogP contribution < -0.4 is 5.73 Å². The zero-order valence-corrected chi connectivity index (χ0v) is 7.76. The molecule has 1 aliphatic carbocycles. The molecular formula is C6H10INO2. The number of primary amides is 1. The van der Waals surface area contributed by atoms with Crippen molar-refractivity contribution < 1.29 is 9.53 Å². The Balaban J connectivity index is 2.40. The molecule has 2 N–H and O–H groups in total. The van der Waals surface area contributed by atoms with Gasteiger partial charge in [0.15, 0.2) is 0 Å². The number of amides is 1. The number of ether oxygens (including phenoxy) is 1. The Hall–Kier alpha value is 0. The summed E-state index contributed by atoms with van der Waals surface area (Å²) in [6.45, 7) is 0. The molecule has 0 atom stereocenters. The summed E-state index contributed by atoms with van der Waals surface area (Å²) >= 11 is 2.22. The summed E-state index contributed by atoms with van der Waals surface area (Å²) in [4.78, 5) is 10.4. The van der Waals surface area contributed by atoms with Crippen molar-refractivity contribution >= 4 is 28.7 Å². The summed E-state index contributed by atoms with van der Waals surface area (Å²) in [5.74, 6) is 0. The second-order valence-corrected chi connectivity index (χ2v) is 3.35. The Labute approximate surface area is 73.4 Å². The Bertz CT molecular complexity index is 139. The van der Waals surface area contributed by atoms with E-state index in [-0.39, 0.29) is 5.60 Å². The van der Waals surface area contributed by atoms with E-state index < -0.39 is 6.09 Å². The minimum atomic E-state index is -0.642. The van der Waals surface area contributed by atoms with Gasteiger partial charge in [-0.2, -0.15) is 0 Å². The van der Waals surface area contributed by atoms with Gasteiger partial charge < -0.3 is 10.5 Å². The van der Waals surface area contributed by atoms with Crippen molar-refractivity contribution in [1.29, 1.82) is 0 Å². The Kier molecular flexibility index (Phi) is 2.38. The van der Waals surface area contributed by atoms with Gasteiger partial charge >= 0.3 is 6.09 Å². The number of carbonyl (C=O) groups excluding carboxylic acids is 1. The highest BCUT2D eigenvalue weighted by Gasteiger charge is 2.39. The molecule has 58 valence electrons. The van der Waals surface area contributed by atoms with Gasteiger partial charge in [-0.15, -0.1) is 0 Å². The zero-order valence-electron chi connectivity index (χ0n) is 5.60. The SMILES string of the molecule is NC(=O)OC1(CI)CCC1. The first-order chi connectivity index (χ1) is 4.68. The van der Waals surface area contributed by atoms with E-state index in [0.717, 1.165) is 23.7 Å². The standard InChI is InChI=1S/C6H10INO2/c7-4-6(2-1-3-6)10-5(8)9/h1-4H2,(H2,8,9). The highest BCUT2D eigenvalue weighted by Crippen LogP contribution is 2.36. The molecule has 0 radical (unpaired) electrons. The number of hydrogen-bond acceptors (Lipinski definition) is 2. The van der Waals surface area contributed by atoms with Gasteiger partial charge in [0.1, 0.15) is 5.60 Å². The first-order valence-corrected chi connectivity index (χ1v) is 4.75. The average Bonchev–Trinajstić information content (AvgIpc) is 1.78. The molecule has 1 rings (SSSR count). The Morgan fingerprint density at radius 2 is 2.30 bits per heavy atom. The molecule has 1 fully saturated rings. The van der Waals surface area contributed by atoms with E-state index in [1.165, 1.54) is 0 Å². The van der Waals surface area contributed by atoms with Crippen molar-refractivity contribution in [3.8, 4) is 0 Å². The largest absolute Gasteiger partial charge is 0.442 e. The number of hydrogen-bond donors (Lipinski definition) is 1. The van der Waals surface area contributed by atoms with Crippen LogP contribution in [0.2, 0.25) is 0 Å². The summed E-state index contributed by atoms with van der Waals surface area (Å²) < 4.78 is 5.81. The monoisotopic (exact) mass is 255 g/mol. The topological polar surface area (TPSA) is 52.3 Å². The molecule has 0 unspecified atom stereocenters. The predicted octanol–water partition coefficient (Wildman–Crippen LogP) is 1.44. The quantitative estimate of drug-likeness (QED) is 0.599. The molecule has 0 aromatic rings.